The van der Waals surface area contributed by atoms with Crippen molar-refractivity contribution in [3.63, 3.8) is 0 Å². The summed E-state index contributed by atoms with van der Waals surface area (Å²) in [7, 11) is 0. The molecule has 0 aliphatic heterocycles. The minimum absolute atomic E-state index is 0.0335. The van der Waals surface area contributed by atoms with Crippen LogP contribution in [0.4, 0.5) is 0 Å². The fourth-order valence-corrected chi connectivity index (χ4v) is 1.26. The molecular formula is C11H18N4O. The summed E-state index contributed by atoms with van der Waals surface area (Å²) < 4.78 is 5.60. The number of nitrogens with two attached hydrogens (primary N) is 1. The molecule has 1 unspecified atom stereocenters. The van der Waals surface area contributed by atoms with E-state index in [0.29, 0.717) is 11.4 Å². The van der Waals surface area contributed by atoms with Gasteiger partial charge in [0.25, 0.3) is 0 Å². The van der Waals surface area contributed by atoms with Crippen molar-refractivity contribution < 1.29 is 4.74 Å². The first-order valence-corrected chi connectivity index (χ1v) is 5.32. The van der Waals surface area contributed by atoms with Crippen molar-refractivity contribution in [2.45, 2.75) is 40.2 Å². The van der Waals surface area contributed by atoms with E-state index in [0.717, 1.165) is 17.7 Å². The Morgan fingerprint density at radius 2 is 2.06 bits per heavy atom. The van der Waals surface area contributed by atoms with E-state index in [-0.39, 0.29) is 11.9 Å². The first kappa shape index (κ1) is 12.4. The summed E-state index contributed by atoms with van der Waals surface area (Å²) in [5, 5.41) is 15.5. The number of rotatable bonds is 4. The van der Waals surface area contributed by atoms with Gasteiger partial charge in [0, 0.05) is 0 Å². The first-order chi connectivity index (χ1) is 7.47. The Balaban J connectivity index is 3.18. The van der Waals surface area contributed by atoms with Crippen LogP contribution < -0.4 is 10.5 Å². The van der Waals surface area contributed by atoms with Gasteiger partial charge in [0.1, 0.15) is 5.84 Å². The van der Waals surface area contributed by atoms with Crippen molar-refractivity contribution in [3.05, 3.63) is 16.8 Å². The van der Waals surface area contributed by atoms with Crippen molar-refractivity contribution in [2.24, 2.45) is 5.73 Å². The summed E-state index contributed by atoms with van der Waals surface area (Å²) in [5.74, 6) is 0.318. The molecule has 1 atom stereocenters. The normalized spacial score (nSPS) is 12.2. The highest BCUT2D eigenvalue weighted by Gasteiger charge is 2.16. The molecule has 0 fully saturated rings. The molecule has 1 aromatic rings. The topological polar surface area (TPSA) is 84.9 Å². The molecule has 5 nitrogen and oxygen atoms in total. The summed E-state index contributed by atoms with van der Waals surface area (Å²) in [6, 6.07) is 0. The van der Waals surface area contributed by atoms with E-state index in [4.69, 9.17) is 15.9 Å². The van der Waals surface area contributed by atoms with Crippen LogP contribution in [0.3, 0.4) is 0 Å². The zero-order valence-corrected chi connectivity index (χ0v) is 10.2. The number of aryl methyl sites for hydroxylation is 1. The second kappa shape index (κ2) is 4.92. The second-order valence-corrected chi connectivity index (χ2v) is 3.84. The molecule has 0 aromatic carbocycles. The Bertz CT molecular complexity index is 403. The second-order valence-electron chi connectivity index (χ2n) is 3.84. The van der Waals surface area contributed by atoms with Gasteiger partial charge in [-0.25, -0.2) is 0 Å². The number of ether oxygens (including phenoxy) is 1. The van der Waals surface area contributed by atoms with E-state index in [9.17, 15) is 0 Å². The van der Waals surface area contributed by atoms with Crippen molar-refractivity contribution in [3.8, 4) is 5.88 Å². The minimum Gasteiger partial charge on any atom is -0.473 e. The average Bonchev–Trinajstić information content (AvgIpc) is 2.23. The van der Waals surface area contributed by atoms with Crippen molar-refractivity contribution in [1.82, 2.24) is 10.2 Å². The van der Waals surface area contributed by atoms with E-state index in [1.54, 1.807) is 0 Å². The zero-order chi connectivity index (χ0) is 12.3. The molecule has 1 heterocycles. The lowest BCUT2D eigenvalue weighted by Gasteiger charge is -2.15. The number of amidine groups is 1. The van der Waals surface area contributed by atoms with Gasteiger partial charge in [-0.2, -0.15) is 5.10 Å². The third kappa shape index (κ3) is 2.48. The molecule has 0 spiro atoms. The molecule has 0 saturated heterocycles. The summed E-state index contributed by atoms with van der Waals surface area (Å²) in [4.78, 5) is 0. The Morgan fingerprint density at radius 1 is 1.44 bits per heavy atom. The van der Waals surface area contributed by atoms with Crippen LogP contribution in [0.25, 0.3) is 0 Å². The van der Waals surface area contributed by atoms with Crippen molar-refractivity contribution in [1.29, 1.82) is 5.41 Å². The fourth-order valence-electron chi connectivity index (χ4n) is 1.26. The Kier molecular flexibility index (Phi) is 3.82. The third-order valence-electron chi connectivity index (χ3n) is 2.58. The molecule has 3 N–H and O–H groups in total. The Morgan fingerprint density at radius 3 is 2.56 bits per heavy atom. The standard InChI is InChI=1S/C11H18N4O/c1-5-6(2)16-11-9(10(12)13)7(3)8(4)14-15-11/h6H,5H2,1-4H3,(H3,12,13). The van der Waals surface area contributed by atoms with Crippen LogP contribution in [0.1, 0.15) is 37.1 Å². The molecule has 1 rings (SSSR count). The molecule has 88 valence electrons. The third-order valence-corrected chi connectivity index (χ3v) is 2.58. The predicted molar refractivity (Wildman–Crippen MR) is 62.9 cm³/mol. The maximum Gasteiger partial charge on any atom is 0.245 e. The van der Waals surface area contributed by atoms with Crippen LogP contribution in [0.2, 0.25) is 0 Å². The van der Waals surface area contributed by atoms with Crippen LogP contribution in [-0.4, -0.2) is 22.1 Å². The summed E-state index contributed by atoms with van der Waals surface area (Å²) in [6.07, 6.45) is 0.904. The highest BCUT2D eigenvalue weighted by Crippen LogP contribution is 2.21. The molecule has 0 aliphatic carbocycles. The van der Waals surface area contributed by atoms with Gasteiger partial charge in [-0.1, -0.05) is 6.92 Å². The van der Waals surface area contributed by atoms with Gasteiger partial charge in [-0.05, 0) is 32.8 Å². The van der Waals surface area contributed by atoms with Crippen molar-refractivity contribution >= 4 is 5.84 Å². The number of hydrogen-bond acceptors (Lipinski definition) is 4. The highest BCUT2D eigenvalue weighted by atomic mass is 16.5. The van der Waals surface area contributed by atoms with Gasteiger partial charge in [-0.15, -0.1) is 5.10 Å². The maximum atomic E-state index is 7.55. The molecule has 0 amide bonds. The molecule has 0 radical (unpaired) electrons. The number of nitrogens with zero attached hydrogens (tertiary/aromatic N) is 2. The number of hydrogen-bond donors (Lipinski definition) is 2. The molecule has 1 aromatic heterocycles. The van der Waals surface area contributed by atoms with Crippen LogP contribution in [0.5, 0.6) is 5.88 Å². The highest BCUT2D eigenvalue weighted by molar-refractivity contribution is 5.98. The van der Waals surface area contributed by atoms with Gasteiger partial charge in [0.2, 0.25) is 5.88 Å². The van der Waals surface area contributed by atoms with Gasteiger partial charge in [-0.3, -0.25) is 5.41 Å². The monoisotopic (exact) mass is 222 g/mol. The van der Waals surface area contributed by atoms with Gasteiger partial charge >= 0.3 is 0 Å². The van der Waals surface area contributed by atoms with Gasteiger partial charge in [0.05, 0.1) is 17.4 Å². The Labute approximate surface area is 95.5 Å². The summed E-state index contributed by atoms with van der Waals surface area (Å²) in [5.41, 5.74) is 7.70. The van der Waals surface area contributed by atoms with Crippen LogP contribution in [0.15, 0.2) is 0 Å². The smallest absolute Gasteiger partial charge is 0.245 e. The molecule has 0 saturated carbocycles. The number of nitrogens with one attached hydrogen (secondary N) is 1. The summed E-state index contributed by atoms with van der Waals surface area (Å²) >= 11 is 0. The zero-order valence-electron chi connectivity index (χ0n) is 10.2. The molecule has 0 aliphatic rings. The SMILES string of the molecule is CCC(C)Oc1nnc(C)c(C)c1C(=N)N. The van der Waals surface area contributed by atoms with E-state index >= 15 is 0 Å². The minimum atomic E-state index is -0.0335. The molecular weight excluding hydrogens is 204 g/mol. The van der Waals surface area contributed by atoms with E-state index in [1.165, 1.54) is 0 Å². The van der Waals surface area contributed by atoms with E-state index in [1.807, 2.05) is 27.7 Å². The lowest BCUT2D eigenvalue weighted by molar-refractivity contribution is 0.205. The largest absolute Gasteiger partial charge is 0.473 e. The van der Waals surface area contributed by atoms with Gasteiger partial charge < -0.3 is 10.5 Å². The van der Waals surface area contributed by atoms with Crippen LogP contribution in [0, 0.1) is 19.3 Å². The number of nitrogen functional groups attached to an aromatic ring is 1. The van der Waals surface area contributed by atoms with Crippen LogP contribution >= 0.6 is 0 Å². The average molecular weight is 222 g/mol. The molecule has 5 heteroatoms. The van der Waals surface area contributed by atoms with Gasteiger partial charge in [0.15, 0.2) is 0 Å². The predicted octanol–water partition coefficient (Wildman–Crippen LogP) is 1.55. The lowest BCUT2D eigenvalue weighted by atomic mass is 10.1. The Hall–Kier alpha value is -1.65. The lowest BCUT2D eigenvalue weighted by Crippen LogP contribution is -2.20. The number of aromatic nitrogens is 2. The molecule has 16 heavy (non-hydrogen) atoms. The van der Waals surface area contributed by atoms with Crippen molar-refractivity contribution in [2.75, 3.05) is 0 Å². The first-order valence-electron chi connectivity index (χ1n) is 5.32. The fraction of sp³-hybridized carbons (Fsp3) is 0.545. The van der Waals surface area contributed by atoms with E-state index in [2.05, 4.69) is 10.2 Å². The summed E-state index contributed by atoms with van der Waals surface area (Å²) in [6.45, 7) is 7.67. The van der Waals surface area contributed by atoms with Crippen LogP contribution in [-0.2, 0) is 0 Å². The van der Waals surface area contributed by atoms with E-state index < -0.39 is 0 Å². The molecule has 0 bridgehead atoms. The maximum absolute atomic E-state index is 7.55. The quantitative estimate of drug-likeness (QED) is 0.598.